The van der Waals surface area contributed by atoms with Crippen molar-refractivity contribution in [3.8, 4) is 0 Å². The predicted molar refractivity (Wildman–Crippen MR) is 93.6 cm³/mol. The van der Waals surface area contributed by atoms with E-state index in [1.54, 1.807) is 9.80 Å². The quantitative estimate of drug-likeness (QED) is 0.630. The normalized spacial score (nSPS) is 21.1. The van der Waals surface area contributed by atoms with Gasteiger partial charge in [0, 0.05) is 18.7 Å². The monoisotopic (exact) mass is 332 g/mol. The summed E-state index contributed by atoms with van der Waals surface area (Å²) in [5, 5.41) is 0. The lowest BCUT2D eigenvalue weighted by Crippen LogP contribution is -2.29. The van der Waals surface area contributed by atoms with Gasteiger partial charge in [0.15, 0.2) is 0 Å². The second-order valence-electron chi connectivity index (χ2n) is 5.10. The molecule has 4 nitrogen and oxygen atoms in total. The Morgan fingerprint density at radius 2 is 1.82 bits per heavy atom. The maximum Gasteiger partial charge on any atom is 0.267 e. The number of likely N-dealkylation sites (N-methyl/N-ethyl adjacent to an activating group) is 1. The smallest absolute Gasteiger partial charge is 0.267 e. The summed E-state index contributed by atoms with van der Waals surface area (Å²) in [5.41, 5.74) is 2.19. The molecule has 0 bridgehead atoms. The first-order valence-electron chi connectivity index (χ1n) is 7.29. The van der Waals surface area contributed by atoms with Gasteiger partial charge in [0.1, 0.15) is 4.32 Å². The fraction of sp³-hybridized carbons (Fsp3) is 0.312. The van der Waals surface area contributed by atoms with Crippen molar-refractivity contribution in [1.82, 2.24) is 4.90 Å². The third-order valence-corrected chi connectivity index (χ3v) is 5.21. The highest BCUT2D eigenvalue weighted by Crippen LogP contribution is 2.44. The zero-order valence-corrected chi connectivity index (χ0v) is 14.1. The maximum atomic E-state index is 12.7. The van der Waals surface area contributed by atoms with E-state index >= 15 is 0 Å². The van der Waals surface area contributed by atoms with E-state index in [0.29, 0.717) is 27.9 Å². The summed E-state index contributed by atoms with van der Waals surface area (Å²) < 4.78 is 0.537. The molecule has 0 saturated carbocycles. The Morgan fingerprint density at radius 3 is 2.50 bits per heavy atom. The summed E-state index contributed by atoms with van der Waals surface area (Å²) in [5.74, 6) is -0.256. The van der Waals surface area contributed by atoms with Crippen LogP contribution in [0.1, 0.15) is 25.8 Å². The molecule has 2 amide bonds. The molecule has 22 heavy (non-hydrogen) atoms. The Balaban J connectivity index is 2.14. The number of hydrogen-bond acceptors (Lipinski definition) is 4. The van der Waals surface area contributed by atoms with Gasteiger partial charge in [-0.05, 0) is 19.4 Å². The largest absolute Gasteiger partial charge is 0.308 e. The lowest BCUT2D eigenvalue weighted by molar-refractivity contribution is -0.122. The van der Waals surface area contributed by atoms with Gasteiger partial charge in [0.05, 0.1) is 16.2 Å². The Bertz CT molecular complexity index is 712. The number of carbonyl (C=O) groups excluding carboxylic acids is 2. The average Bonchev–Trinajstić information content (AvgIpc) is 2.95. The molecule has 1 aromatic rings. The number of fused-ring (bicyclic) bond motifs is 1. The standard InChI is InChI=1S/C16H16N2O2S2/c1-3-9-18-15(20)13(22-16(18)21)12-10-7-5-6-8-11(10)17(4-2)14(12)19/h5-8H,3-4,9H2,1-2H3/b13-12+. The average molecular weight is 332 g/mol. The second kappa shape index (κ2) is 5.85. The Morgan fingerprint density at radius 1 is 1.09 bits per heavy atom. The molecule has 2 aliphatic rings. The van der Waals surface area contributed by atoms with Crippen molar-refractivity contribution in [3.05, 3.63) is 34.7 Å². The number of benzene rings is 1. The highest BCUT2D eigenvalue weighted by molar-refractivity contribution is 8.26. The predicted octanol–water partition coefficient (Wildman–Crippen LogP) is 3.03. The number of hydrogen-bond donors (Lipinski definition) is 0. The first-order valence-corrected chi connectivity index (χ1v) is 8.51. The molecule has 0 spiro atoms. The van der Waals surface area contributed by atoms with Crippen LogP contribution in [0.15, 0.2) is 29.2 Å². The third-order valence-electron chi connectivity index (χ3n) is 3.76. The lowest BCUT2D eigenvalue weighted by atomic mass is 10.1. The van der Waals surface area contributed by atoms with Crippen LogP contribution in [-0.2, 0) is 9.59 Å². The van der Waals surface area contributed by atoms with Crippen molar-refractivity contribution in [3.63, 3.8) is 0 Å². The molecule has 1 saturated heterocycles. The summed E-state index contributed by atoms with van der Waals surface area (Å²) in [7, 11) is 0. The molecular formula is C16H16N2O2S2. The molecular weight excluding hydrogens is 316 g/mol. The van der Waals surface area contributed by atoms with Crippen LogP contribution < -0.4 is 4.90 Å². The van der Waals surface area contributed by atoms with Crippen molar-refractivity contribution < 1.29 is 9.59 Å². The molecule has 1 fully saturated rings. The van der Waals surface area contributed by atoms with Crippen LogP contribution in [0.4, 0.5) is 5.69 Å². The van der Waals surface area contributed by atoms with Gasteiger partial charge in [-0.1, -0.05) is 49.1 Å². The zero-order valence-electron chi connectivity index (χ0n) is 12.5. The molecule has 0 N–H and O–H groups in total. The highest BCUT2D eigenvalue weighted by Gasteiger charge is 2.41. The van der Waals surface area contributed by atoms with Crippen LogP contribution in [-0.4, -0.2) is 34.1 Å². The van der Waals surface area contributed by atoms with Crippen LogP contribution in [0, 0.1) is 0 Å². The molecule has 2 heterocycles. The van der Waals surface area contributed by atoms with Crippen LogP contribution in [0.25, 0.3) is 5.57 Å². The van der Waals surface area contributed by atoms with Gasteiger partial charge in [0.2, 0.25) is 0 Å². The number of nitrogens with zero attached hydrogens (tertiary/aromatic N) is 2. The number of carbonyl (C=O) groups is 2. The zero-order chi connectivity index (χ0) is 15.9. The van der Waals surface area contributed by atoms with Gasteiger partial charge in [0.25, 0.3) is 11.8 Å². The molecule has 6 heteroatoms. The van der Waals surface area contributed by atoms with E-state index < -0.39 is 0 Å². The minimum Gasteiger partial charge on any atom is -0.308 e. The Labute approximate surface area is 139 Å². The van der Waals surface area contributed by atoms with Gasteiger partial charge in [-0.2, -0.15) is 0 Å². The topological polar surface area (TPSA) is 40.6 Å². The molecule has 0 unspecified atom stereocenters. The van der Waals surface area contributed by atoms with Gasteiger partial charge in [-0.25, -0.2) is 0 Å². The summed E-state index contributed by atoms with van der Waals surface area (Å²) >= 11 is 6.54. The molecule has 0 atom stereocenters. The van der Waals surface area contributed by atoms with E-state index in [1.807, 2.05) is 38.1 Å². The van der Waals surface area contributed by atoms with Crippen LogP contribution in [0.5, 0.6) is 0 Å². The van der Waals surface area contributed by atoms with E-state index in [9.17, 15) is 9.59 Å². The molecule has 2 aliphatic heterocycles. The number of amides is 2. The van der Waals surface area contributed by atoms with Crippen molar-refractivity contribution in [2.24, 2.45) is 0 Å². The van der Waals surface area contributed by atoms with Crippen LogP contribution >= 0.6 is 24.0 Å². The van der Waals surface area contributed by atoms with Crippen molar-refractivity contribution >= 4 is 51.4 Å². The summed E-state index contributed by atoms with van der Waals surface area (Å²) in [6.45, 7) is 5.10. The van der Waals surface area contributed by atoms with Gasteiger partial charge >= 0.3 is 0 Å². The van der Waals surface area contributed by atoms with E-state index in [0.717, 1.165) is 17.7 Å². The maximum absolute atomic E-state index is 12.7. The summed E-state index contributed by atoms with van der Waals surface area (Å²) in [6.07, 6.45) is 0.834. The van der Waals surface area contributed by atoms with E-state index in [1.165, 1.54) is 11.8 Å². The fourth-order valence-corrected chi connectivity index (χ4v) is 4.16. The van der Waals surface area contributed by atoms with Crippen LogP contribution in [0.2, 0.25) is 0 Å². The number of anilines is 1. The van der Waals surface area contributed by atoms with E-state index in [2.05, 4.69) is 0 Å². The first kappa shape index (κ1) is 15.2. The van der Waals surface area contributed by atoms with Gasteiger partial charge in [-0.3, -0.25) is 14.5 Å². The minimum atomic E-state index is -0.145. The Kier molecular flexibility index (Phi) is 4.06. The molecule has 1 aromatic carbocycles. The SMILES string of the molecule is CCCN1C(=O)/C(=C2\C(=O)N(CC)c3ccccc32)SC1=S. The number of thioether (sulfide) groups is 1. The van der Waals surface area contributed by atoms with Crippen molar-refractivity contribution in [2.75, 3.05) is 18.0 Å². The molecule has 3 rings (SSSR count). The lowest BCUT2D eigenvalue weighted by Gasteiger charge is -2.13. The second-order valence-corrected chi connectivity index (χ2v) is 6.74. The third kappa shape index (κ3) is 2.18. The van der Waals surface area contributed by atoms with Gasteiger partial charge < -0.3 is 4.90 Å². The van der Waals surface area contributed by atoms with E-state index in [-0.39, 0.29) is 11.8 Å². The molecule has 114 valence electrons. The number of thiocarbonyl (C=S) groups is 1. The highest BCUT2D eigenvalue weighted by atomic mass is 32.2. The molecule has 0 aliphatic carbocycles. The van der Waals surface area contributed by atoms with Crippen molar-refractivity contribution in [2.45, 2.75) is 20.3 Å². The van der Waals surface area contributed by atoms with E-state index in [4.69, 9.17) is 12.2 Å². The summed E-state index contributed by atoms with van der Waals surface area (Å²) in [4.78, 5) is 29.1. The number of para-hydroxylation sites is 1. The number of rotatable bonds is 3. The fourth-order valence-electron chi connectivity index (χ4n) is 2.78. The molecule has 0 radical (unpaired) electrons. The van der Waals surface area contributed by atoms with Crippen LogP contribution in [0.3, 0.4) is 0 Å². The first-order chi connectivity index (χ1) is 10.6. The summed E-state index contributed by atoms with van der Waals surface area (Å²) in [6, 6.07) is 7.60. The molecule has 0 aromatic heterocycles. The van der Waals surface area contributed by atoms with Crippen molar-refractivity contribution in [1.29, 1.82) is 0 Å². The van der Waals surface area contributed by atoms with Gasteiger partial charge in [-0.15, -0.1) is 0 Å². The minimum absolute atomic E-state index is 0.110. The Hall–Kier alpha value is -1.66.